The summed E-state index contributed by atoms with van der Waals surface area (Å²) in [5.41, 5.74) is 0. The van der Waals surface area contributed by atoms with E-state index in [2.05, 4.69) is 14.3 Å². The Morgan fingerprint density at radius 2 is 0.895 bits per heavy atom. The van der Waals surface area contributed by atoms with Crippen LogP contribution in [0.3, 0.4) is 0 Å². The van der Waals surface area contributed by atoms with Crippen molar-refractivity contribution in [2.75, 3.05) is 40.0 Å². The lowest BCUT2D eigenvalue weighted by molar-refractivity contribution is -0.245. The van der Waals surface area contributed by atoms with Crippen LogP contribution in [0.4, 0.5) is 74.9 Å². The number of hydrogen-bond donors (Lipinski definition) is 1. The number of sulfonamides is 1. The van der Waals surface area contributed by atoms with E-state index in [-0.39, 0.29) is 28.4 Å². The summed E-state index contributed by atoms with van der Waals surface area (Å²) in [5.74, 6) is 0. The summed E-state index contributed by atoms with van der Waals surface area (Å²) in [6.45, 7) is -9.38. The SMILES string of the molecule is C.C.C.CS(=O)(=O)N=C([O-])F.FCC(F)(F)F.FCF.FCF.FOCC(F)(F)F.FOCC(F)(F)F.[NH4+]. The third kappa shape index (κ3) is 188. The van der Waals surface area contributed by atoms with Gasteiger partial charge in [0, 0.05) is 0 Å². The Kier molecular flexibility index (Phi) is 64.0. The summed E-state index contributed by atoms with van der Waals surface area (Å²) in [7, 11) is -3.82. The van der Waals surface area contributed by atoms with Gasteiger partial charge in [-0.15, -0.1) is 4.40 Å². The molecule has 0 fully saturated rings. The Hall–Kier alpha value is -1.89. The molecule has 0 amide bonds. The van der Waals surface area contributed by atoms with Gasteiger partial charge in [-0.25, -0.2) is 34.8 Å². The Morgan fingerprint density at radius 1 is 0.711 bits per heavy atom. The zero-order valence-corrected chi connectivity index (χ0v) is 17.7. The molecule has 0 rings (SSSR count). The lowest BCUT2D eigenvalue weighted by Crippen LogP contribution is -2.13. The third-order valence-electron chi connectivity index (χ3n) is 0.826. The van der Waals surface area contributed by atoms with Gasteiger partial charge >= 0.3 is 18.5 Å². The van der Waals surface area contributed by atoms with Gasteiger partial charge in [-0.2, -0.15) is 49.4 Å². The van der Waals surface area contributed by atoms with Crippen LogP contribution in [-0.4, -0.2) is 73.1 Å². The number of halogens is 17. The molecule has 38 heavy (non-hydrogen) atoms. The Bertz CT molecular complexity index is 522. The van der Waals surface area contributed by atoms with Crippen LogP contribution in [0, 0.1) is 0 Å². The first-order valence-corrected chi connectivity index (χ1v) is 8.37. The zero-order valence-electron chi connectivity index (χ0n) is 16.9. The normalized spacial score (nSPS) is 10.2. The molecule has 246 valence electrons. The van der Waals surface area contributed by atoms with Crippen LogP contribution >= 0.6 is 0 Å². The summed E-state index contributed by atoms with van der Waals surface area (Å²) in [4.78, 5) is 4.56. The second-order valence-corrected chi connectivity index (χ2v) is 5.41. The fraction of sp³-hybridized carbons (Fsp3) is 0.923. The largest absolute Gasteiger partial charge is 0.836 e. The average molecular weight is 648 g/mol. The smallest absolute Gasteiger partial charge is 0.416 e. The Morgan fingerprint density at radius 3 is 0.895 bits per heavy atom. The van der Waals surface area contributed by atoms with Crippen molar-refractivity contribution in [3.05, 3.63) is 0 Å². The van der Waals surface area contributed by atoms with E-state index < -0.39 is 68.4 Å². The molecular weight excluding hydrogens is 619 g/mol. The van der Waals surface area contributed by atoms with Crippen LogP contribution in [0.2, 0.25) is 0 Å². The topological polar surface area (TPSA) is 125 Å². The summed E-state index contributed by atoms with van der Waals surface area (Å²) >= 11 is 0. The summed E-state index contributed by atoms with van der Waals surface area (Å²) in [6.07, 6.45) is -15.3. The van der Waals surface area contributed by atoms with Crippen molar-refractivity contribution in [3.63, 3.8) is 0 Å². The highest BCUT2D eigenvalue weighted by Crippen LogP contribution is 2.14. The van der Waals surface area contributed by atoms with Crippen molar-refractivity contribution in [1.29, 1.82) is 0 Å². The molecule has 7 nitrogen and oxygen atoms in total. The standard InChI is InChI=1S/2C2H2F4O.C2H2F4.C2H4FNO3S.2CH2F2.3CH4.H3N/c2*3-2(4,5)1-7-6;3-1-2(4,5)6;1-8(6,7)4-2(3)5;2*2-1-3;;;;/h2*1H2;1H2;1H3,(H,4,5);2*1H2;3*1H4;1H3. The molecule has 0 aromatic carbocycles. The molecule has 0 atom stereocenters. The highest BCUT2D eigenvalue weighted by atomic mass is 32.2. The van der Waals surface area contributed by atoms with E-state index in [0.717, 1.165) is 0 Å². The van der Waals surface area contributed by atoms with Crippen LogP contribution in [0.1, 0.15) is 22.3 Å². The lowest BCUT2D eigenvalue weighted by Gasteiger charge is -1.97. The maximum absolute atomic E-state index is 11.0. The minimum Gasteiger partial charge on any atom is -0.836 e. The van der Waals surface area contributed by atoms with E-state index in [1.165, 1.54) is 0 Å². The summed E-state index contributed by atoms with van der Waals surface area (Å²) < 4.78 is 198. The molecule has 0 bridgehead atoms. The fourth-order valence-electron chi connectivity index (χ4n) is 0.254. The molecule has 0 aliphatic rings. The molecule has 0 unspecified atom stereocenters. The summed E-state index contributed by atoms with van der Waals surface area (Å²) in [5, 5.41) is 9.25. The van der Waals surface area contributed by atoms with Crippen LogP contribution in [0.5, 0.6) is 0 Å². The Labute approximate surface area is 207 Å². The predicted octanol–water partition coefficient (Wildman–Crippen LogP) is 7.10. The van der Waals surface area contributed by atoms with Gasteiger partial charge in [0.2, 0.25) is 13.9 Å². The lowest BCUT2D eigenvalue weighted by atomic mass is 10.7. The van der Waals surface area contributed by atoms with Gasteiger partial charge in [-0.1, -0.05) is 22.3 Å². The quantitative estimate of drug-likeness (QED) is 0.199. The molecule has 0 aliphatic carbocycles. The van der Waals surface area contributed by atoms with Gasteiger partial charge in [0.15, 0.2) is 26.0 Å². The van der Waals surface area contributed by atoms with E-state index in [1.54, 1.807) is 0 Å². The van der Waals surface area contributed by atoms with Crippen molar-refractivity contribution < 1.29 is 98.3 Å². The molecular formula is C13H29F17N2O5S. The molecule has 0 heterocycles. The average Bonchev–Trinajstić information content (AvgIpc) is 2.52. The predicted molar refractivity (Wildman–Crippen MR) is 102 cm³/mol. The van der Waals surface area contributed by atoms with Crippen molar-refractivity contribution in [3.8, 4) is 0 Å². The minimum absolute atomic E-state index is 0. The first-order valence-electron chi connectivity index (χ1n) is 6.52. The van der Waals surface area contributed by atoms with E-state index in [4.69, 9.17) is 0 Å². The highest BCUT2D eigenvalue weighted by Gasteiger charge is 2.28. The van der Waals surface area contributed by atoms with Gasteiger partial charge in [-0.05, 0) is 9.05 Å². The molecule has 0 spiro atoms. The number of nitrogens with zero attached hydrogens (tertiary/aromatic N) is 1. The minimum atomic E-state index is -4.62. The summed E-state index contributed by atoms with van der Waals surface area (Å²) in [6, 6.07) is 0. The van der Waals surface area contributed by atoms with E-state index >= 15 is 0 Å². The van der Waals surface area contributed by atoms with Gasteiger partial charge in [-0.3, -0.25) is 0 Å². The van der Waals surface area contributed by atoms with Gasteiger partial charge in [0.1, 0.15) is 0 Å². The molecule has 0 aromatic heterocycles. The van der Waals surface area contributed by atoms with Crippen molar-refractivity contribution in [2.24, 2.45) is 4.40 Å². The fourth-order valence-corrected chi connectivity index (χ4v) is 0.515. The van der Waals surface area contributed by atoms with Crippen molar-refractivity contribution >= 4 is 16.2 Å². The number of quaternary nitrogens is 1. The van der Waals surface area contributed by atoms with Gasteiger partial charge in [0.25, 0.3) is 10.0 Å². The molecule has 0 radical (unpaired) electrons. The van der Waals surface area contributed by atoms with Crippen LogP contribution in [0.15, 0.2) is 4.40 Å². The number of hydrogen-bond acceptors (Lipinski definition) is 5. The maximum Gasteiger partial charge on any atom is 0.416 e. The molecule has 0 aliphatic heterocycles. The number of rotatable bonds is 3. The Balaban J connectivity index is -0.0000000312. The van der Waals surface area contributed by atoms with Crippen molar-refractivity contribution in [2.45, 2.75) is 40.8 Å². The van der Waals surface area contributed by atoms with Crippen LogP contribution in [-0.2, 0) is 19.9 Å². The molecule has 25 heteroatoms. The molecule has 0 saturated heterocycles. The highest BCUT2D eigenvalue weighted by molar-refractivity contribution is 7.89. The van der Waals surface area contributed by atoms with Gasteiger partial charge in [0.05, 0.1) is 6.26 Å². The molecule has 4 N–H and O–H groups in total. The van der Waals surface area contributed by atoms with E-state index in [9.17, 15) is 88.4 Å². The van der Waals surface area contributed by atoms with E-state index in [1.807, 2.05) is 0 Å². The number of alkyl halides is 14. The monoisotopic (exact) mass is 648 g/mol. The second-order valence-electron chi connectivity index (χ2n) is 3.77. The van der Waals surface area contributed by atoms with Crippen molar-refractivity contribution in [1.82, 2.24) is 6.15 Å². The van der Waals surface area contributed by atoms with Crippen LogP contribution < -0.4 is 11.3 Å². The zero-order chi connectivity index (χ0) is 29.2. The third-order valence-corrected chi connectivity index (χ3v) is 1.30. The first kappa shape index (κ1) is 65.3. The second kappa shape index (κ2) is 37.3. The molecule has 0 aromatic rings. The van der Waals surface area contributed by atoms with E-state index in [0.29, 0.717) is 6.26 Å². The maximum atomic E-state index is 11.0. The van der Waals surface area contributed by atoms with Crippen LogP contribution in [0.25, 0.3) is 0 Å². The van der Waals surface area contributed by atoms with Gasteiger partial charge < -0.3 is 11.3 Å². The molecule has 0 saturated carbocycles. The first-order chi connectivity index (χ1) is 14.9.